The quantitative estimate of drug-likeness (QED) is 0.238. The van der Waals surface area contributed by atoms with Crippen molar-refractivity contribution in [3.05, 3.63) is 72.6 Å². The molecule has 0 fully saturated rings. The number of rotatable bonds is 4. The fourth-order valence-corrected chi connectivity index (χ4v) is 1.49. The number of nitrogens with zero attached hydrogens (tertiary/aromatic N) is 1. The molecule has 0 spiro atoms. The Morgan fingerprint density at radius 1 is 0.895 bits per heavy atom. The van der Waals surface area contributed by atoms with Gasteiger partial charge in [0.05, 0.1) is 5.69 Å². The number of hydrogen-bond acceptors (Lipinski definition) is 2. The molecule has 0 unspecified atom stereocenters. The second-order valence-corrected chi connectivity index (χ2v) is 3.66. The van der Waals surface area contributed by atoms with Crippen LogP contribution in [0.25, 0.3) is 0 Å². The monoisotopic (exact) mass is 237 g/mol. The predicted octanol–water partition coefficient (Wildman–Crippen LogP) is -3.27. The maximum atomic E-state index is 11.6. The smallest absolute Gasteiger partial charge is 0.862 e. The van der Waals surface area contributed by atoms with Crippen LogP contribution in [0.2, 0.25) is 0 Å². The topological polar surface area (TPSA) is 35.4 Å². The minimum Gasteiger partial charge on any atom is -0.862 e. The first-order chi connectivity index (χ1) is 8.34. The predicted molar refractivity (Wildman–Crippen MR) is 68.0 cm³/mol. The van der Waals surface area contributed by atoms with Crippen molar-refractivity contribution in [3.8, 4) is 0 Å². The zero-order valence-electron chi connectivity index (χ0n) is 11.4. The van der Waals surface area contributed by atoms with E-state index in [0.29, 0.717) is 12.1 Å². The fraction of sp³-hybridized carbons (Fsp3) is 0.0667. The van der Waals surface area contributed by atoms with E-state index in [1.807, 2.05) is 67.1 Å². The molecule has 0 amide bonds. The second kappa shape index (κ2) is 9.85. The third kappa shape index (κ3) is 6.62. The van der Waals surface area contributed by atoms with Crippen molar-refractivity contribution in [3.63, 3.8) is 0 Å². The van der Waals surface area contributed by atoms with E-state index >= 15 is 0 Å². The van der Waals surface area contributed by atoms with Crippen LogP contribution in [0.1, 0.15) is 12.0 Å². The summed E-state index contributed by atoms with van der Waals surface area (Å²) in [5.41, 5.74) is 1.75. The third-order valence-electron chi connectivity index (χ3n) is 2.32. The van der Waals surface area contributed by atoms with Crippen molar-refractivity contribution >= 4 is 11.6 Å². The Balaban J connectivity index is 0.00000162. The van der Waals surface area contributed by atoms with Crippen LogP contribution < -0.4 is 42.8 Å². The summed E-state index contributed by atoms with van der Waals surface area (Å²) in [6.45, 7) is 0. The molecule has 0 aliphatic rings. The Kier molecular flexibility index (Phi) is 9.32. The van der Waals surface area contributed by atoms with Crippen molar-refractivity contribution in [1.82, 2.24) is 0 Å². The molecule has 86 valence electrons. The van der Waals surface area contributed by atoms with Gasteiger partial charge in [-0.25, -0.2) is 0 Å². The first-order valence-electron chi connectivity index (χ1n) is 5.52. The first-order valence-corrected chi connectivity index (χ1v) is 5.52. The normalized spacial score (nSPS) is 10.0. The SMILES string of the molecule is [Li+].[Li+].[O-]C(C[CH-]c1ccccc1)=Nc1ccccc1. The van der Waals surface area contributed by atoms with E-state index in [1.165, 1.54) is 0 Å². The molecular formula is C15H13Li2NO. The molecule has 0 N–H and O–H groups in total. The summed E-state index contributed by atoms with van der Waals surface area (Å²) in [4.78, 5) is 4.00. The zero-order valence-corrected chi connectivity index (χ0v) is 11.4. The van der Waals surface area contributed by atoms with Crippen molar-refractivity contribution < 1.29 is 42.8 Å². The zero-order chi connectivity index (χ0) is 11.9. The minimum absolute atomic E-state index is 0. The molecule has 0 atom stereocenters. The summed E-state index contributed by atoms with van der Waals surface area (Å²) in [6, 6.07) is 19.1. The van der Waals surface area contributed by atoms with Gasteiger partial charge in [0.25, 0.3) is 0 Å². The summed E-state index contributed by atoms with van der Waals surface area (Å²) in [5, 5.41) is 11.6. The Bertz CT molecular complexity index is 486. The van der Waals surface area contributed by atoms with Gasteiger partial charge in [0.2, 0.25) is 0 Å². The molecule has 4 heteroatoms. The molecule has 2 nitrogen and oxygen atoms in total. The van der Waals surface area contributed by atoms with Crippen LogP contribution >= 0.6 is 0 Å². The molecule has 2 rings (SSSR count). The van der Waals surface area contributed by atoms with E-state index in [9.17, 15) is 5.11 Å². The van der Waals surface area contributed by atoms with E-state index < -0.39 is 0 Å². The number of aliphatic imine (C=N–C) groups is 1. The molecule has 19 heavy (non-hydrogen) atoms. The van der Waals surface area contributed by atoms with Gasteiger partial charge < -0.3 is 5.11 Å². The van der Waals surface area contributed by atoms with Gasteiger partial charge in [-0.2, -0.15) is 24.1 Å². The van der Waals surface area contributed by atoms with Crippen LogP contribution in [-0.2, 0) is 0 Å². The largest absolute Gasteiger partial charge is 1.00 e. The van der Waals surface area contributed by atoms with Gasteiger partial charge in [0, 0.05) is 0 Å². The minimum atomic E-state index is -0.125. The van der Waals surface area contributed by atoms with Crippen LogP contribution in [0, 0.1) is 6.42 Å². The Morgan fingerprint density at radius 3 is 2.00 bits per heavy atom. The summed E-state index contributed by atoms with van der Waals surface area (Å²) in [5.74, 6) is -0.125. The first kappa shape index (κ1) is 18.0. The van der Waals surface area contributed by atoms with Crippen molar-refractivity contribution in [1.29, 1.82) is 0 Å². The average Bonchev–Trinajstić information content (AvgIpc) is 2.39. The maximum absolute atomic E-state index is 11.6. The van der Waals surface area contributed by atoms with Crippen molar-refractivity contribution in [2.24, 2.45) is 4.99 Å². The van der Waals surface area contributed by atoms with E-state index in [1.54, 1.807) is 0 Å². The van der Waals surface area contributed by atoms with Gasteiger partial charge >= 0.3 is 37.7 Å². The molecular weight excluding hydrogens is 224 g/mol. The van der Waals surface area contributed by atoms with Crippen LogP contribution in [0.3, 0.4) is 0 Å². The third-order valence-corrected chi connectivity index (χ3v) is 2.32. The van der Waals surface area contributed by atoms with Gasteiger partial charge in [-0.3, -0.25) is 4.99 Å². The molecule has 0 saturated heterocycles. The molecule has 0 aliphatic carbocycles. The number of hydrogen-bond donors (Lipinski definition) is 0. The second-order valence-electron chi connectivity index (χ2n) is 3.66. The van der Waals surface area contributed by atoms with Crippen LogP contribution in [0.5, 0.6) is 0 Å². The number of para-hydroxylation sites is 1. The Hall–Kier alpha value is -1.03. The Morgan fingerprint density at radius 2 is 1.42 bits per heavy atom. The van der Waals surface area contributed by atoms with Gasteiger partial charge in [-0.15, -0.1) is 12.1 Å². The van der Waals surface area contributed by atoms with Crippen molar-refractivity contribution in [2.75, 3.05) is 0 Å². The molecule has 2 aromatic rings. The van der Waals surface area contributed by atoms with Crippen molar-refractivity contribution in [2.45, 2.75) is 6.42 Å². The average molecular weight is 237 g/mol. The molecule has 0 aromatic heterocycles. The summed E-state index contributed by atoms with van der Waals surface area (Å²) in [6.07, 6.45) is 2.22. The molecule has 0 heterocycles. The maximum Gasteiger partial charge on any atom is 1.00 e. The Labute approximate surface area is 138 Å². The molecule has 2 aromatic carbocycles. The summed E-state index contributed by atoms with van der Waals surface area (Å²) < 4.78 is 0. The van der Waals surface area contributed by atoms with Crippen LogP contribution in [-0.4, -0.2) is 5.90 Å². The fourth-order valence-electron chi connectivity index (χ4n) is 1.49. The van der Waals surface area contributed by atoms with E-state index in [0.717, 1.165) is 5.56 Å². The van der Waals surface area contributed by atoms with E-state index in [-0.39, 0.29) is 43.6 Å². The van der Waals surface area contributed by atoms with E-state index in [4.69, 9.17) is 0 Å². The summed E-state index contributed by atoms with van der Waals surface area (Å²) >= 11 is 0. The molecule has 0 aliphatic heterocycles. The molecule has 0 saturated carbocycles. The van der Waals surface area contributed by atoms with E-state index in [2.05, 4.69) is 4.99 Å². The standard InChI is InChI=1S/C15H14NO.2Li/c17-15(16-14-9-5-2-6-10-14)12-11-13-7-3-1-4-8-13;;/h1-11H,12H2,(H,16,17);;/q-1;2*+1/p-1. The van der Waals surface area contributed by atoms with Crippen LogP contribution in [0.4, 0.5) is 5.69 Å². The van der Waals surface area contributed by atoms with Crippen LogP contribution in [0.15, 0.2) is 65.7 Å². The molecule has 0 radical (unpaired) electrons. The number of benzene rings is 2. The van der Waals surface area contributed by atoms with Gasteiger partial charge in [0.1, 0.15) is 0 Å². The summed E-state index contributed by atoms with van der Waals surface area (Å²) in [7, 11) is 0. The van der Waals surface area contributed by atoms with Gasteiger partial charge in [0.15, 0.2) is 0 Å². The van der Waals surface area contributed by atoms with Gasteiger partial charge in [-0.1, -0.05) is 30.7 Å². The van der Waals surface area contributed by atoms with Gasteiger partial charge in [-0.05, 0) is 18.0 Å². The molecule has 0 bridgehead atoms.